The Morgan fingerprint density at radius 3 is 2.59 bits per heavy atom. The molecule has 0 aromatic heterocycles. The fourth-order valence-corrected chi connectivity index (χ4v) is 2.27. The number of anilines is 1. The summed E-state index contributed by atoms with van der Waals surface area (Å²) in [6.45, 7) is 4.53. The van der Waals surface area contributed by atoms with Crippen LogP contribution in [0.15, 0.2) is 22.7 Å². The second-order valence-electron chi connectivity index (χ2n) is 3.54. The van der Waals surface area contributed by atoms with Crippen LogP contribution in [0.4, 0.5) is 5.69 Å². The van der Waals surface area contributed by atoms with Gasteiger partial charge in [-0.25, -0.2) is 0 Å². The van der Waals surface area contributed by atoms with E-state index >= 15 is 0 Å². The van der Waals surface area contributed by atoms with Crippen molar-refractivity contribution in [1.29, 1.82) is 10.8 Å². The highest BCUT2D eigenvalue weighted by molar-refractivity contribution is 9.10. The van der Waals surface area contributed by atoms with E-state index in [-0.39, 0.29) is 11.9 Å². The Morgan fingerprint density at radius 1 is 1.47 bits per heavy atom. The minimum atomic E-state index is -0.238. The van der Waals surface area contributed by atoms with Gasteiger partial charge in [-0.2, -0.15) is 0 Å². The summed E-state index contributed by atoms with van der Waals surface area (Å²) in [6, 6.07) is 5.84. The van der Waals surface area contributed by atoms with Gasteiger partial charge in [0.25, 0.3) is 0 Å². The van der Waals surface area contributed by atoms with Crippen LogP contribution in [0.1, 0.15) is 12.5 Å². The first-order valence-corrected chi connectivity index (χ1v) is 5.99. The third kappa shape index (κ3) is 3.20. The molecule has 5 N–H and O–H groups in total. The summed E-state index contributed by atoms with van der Waals surface area (Å²) < 4.78 is 0.912. The number of benzene rings is 1. The van der Waals surface area contributed by atoms with Crippen molar-refractivity contribution in [3.8, 4) is 0 Å². The van der Waals surface area contributed by atoms with Crippen LogP contribution in [0, 0.1) is 17.7 Å². The first-order chi connectivity index (χ1) is 7.97. The molecule has 0 spiro atoms. The number of nitrogens with two attached hydrogens (primary N) is 1. The fourth-order valence-electron chi connectivity index (χ4n) is 1.59. The molecular weight excluding hydrogens is 282 g/mol. The highest BCUT2D eigenvalue weighted by atomic mass is 79.9. The van der Waals surface area contributed by atoms with Crippen molar-refractivity contribution in [2.45, 2.75) is 13.8 Å². The fraction of sp³-hybridized carbons (Fsp3) is 0.273. The molecule has 17 heavy (non-hydrogen) atoms. The Balaban J connectivity index is 3.09. The maximum Gasteiger partial charge on any atom is 0.202 e. The Kier molecular flexibility index (Phi) is 4.51. The van der Waals surface area contributed by atoms with Gasteiger partial charge in [0.2, 0.25) is 5.96 Å². The number of guanidine groups is 2. The number of rotatable bonds is 2. The Bertz CT molecular complexity index is 423. The van der Waals surface area contributed by atoms with Crippen LogP contribution in [0.25, 0.3) is 0 Å². The van der Waals surface area contributed by atoms with Gasteiger partial charge in [0.1, 0.15) is 0 Å². The molecule has 0 fully saturated rings. The lowest BCUT2D eigenvalue weighted by atomic mass is 10.2. The van der Waals surface area contributed by atoms with E-state index in [9.17, 15) is 0 Å². The van der Waals surface area contributed by atoms with Crippen LogP contribution in [0.5, 0.6) is 0 Å². The number of hydrogen-bond acceptors (Lipinski definition) is 2. The van der Waals surface area contributed by atoms with Gasteiger partial charge in [-0.1, -0.05) is 12.1 Å². The lowest BCUT2D eigenvalue weighted by Crippen LogP contribution is -2.46. The van der Waals surface area contributed by atoms with Crippen molar-refractivity contribution in [2.75, 3.05) is 11.4 Å². The van der Waals surface area contributed by atoms with Gasteiger partial charge in [0, 0.05) is 11.0 Å². The first kappa shape index (κ1) is 13.5. The monoisotopic (exact) mass is 297 g/mol. The van der Waals surface area contributed by atoms with E-state index in [1.54, 1.807) is 4.90 Å². The smallest absolute Gasteiger partial charge is 0.202 e. The number of nitrogens with zero attached hydrogens (tertiary/aromatic N) is 1. The molecule has 0 amide bonds. The van der Waals surface area contributed by atoms with Crippen LogP contribution in [-0.2, 0) is 0 Å². The van der Waals surface area contributed by atoms with E-state index in [1.807, 2.05) is 32.0 Å². The molecule has 0 heterocycles. The molecule has 0 bridgehead atoms. The normalized spacial score (nSPS) is 9.82. The molecule has 0 aliphatic carbocycles. The maximum atomic E-state index is 7.88. The minimum absolute atomic E-state index is 0.0926. The van der Waals surface area contributed by atoms with Crippen molar-refractivity contribution in [3.05, 3.63) is 28.2 Å². The van der Waals surface area contributed by atoms with Gasteiger partial charge in [0.15, 0.2) is 5.96 Å². The van der Waals surface area contributed by atoms with Crippen molar-refractivity contribution in [3.63, 3.8) is 0 Å². The summed E-state index contributed by atoms with van der Waals surface area (Å²) in [5.41, 5.74) is 7.20. The summed E-state index contributed by atoms with van der Waals surface area (Å²) in [7, 11) is 0. The first-order valence-electron chi connectivity index (χ1n) is 5.19. The molecule has 0 radical (unpaired) electrons. The summed E-state index contributed by atoms with van der Waals surface area (Å²) in [4.78, 5) is 1.75. The predicted octanol–water partition coefficient (Wildman–Crippen LogP) is 2.00. The highest BCUT2D eigenvalue weighted by Gasteiger charge is 2.15. The zero-order valence-corrected chi connectivity index (χ0v) is 11.4. The van der Waals surface area contributed by atoms with E-state index in [4.69, 9.17) is 16.6 Å². The number of halogens is 1. The van der Waals surface area contributed by atoms with Gasteiger partial charge in [-0.3, -0.25) is 16.1 Å². The molecule has 92 valence electrons. The van der Waals surface area contributed by atoms with E-state index in [0.717, 1.165) is 15.7 Å². The van der Waals surface area contributed by atoms with E-state index < -0.39 is 0 Å². The van der Waals surface area contributed by atoms with Crippen LogP contribution in [-0.4, -0.2) is 18.5 Å². The molecule has 0 saturated carbocycles. The minimum Gasteiger partial charge on any atom is -0.370 e. The Hall–Kier alpha value is -1.56. The third-order valence-electron chi connectivity index (χ3n) is 2.30. The molecule has 0 atom stereocenters. The van der Waals surface area contributed by atoms with Gasteiger partial charge in [-0.15, -0.1) is 0 Å². The zero-order valence-electron chi connectivity index (χ0n) is 9.84. The van der Waals surface area contributed by atoms with Crippen molar-refractivity contribution >= 4 is 33.5 Å². The van der Waals surface area contributed by atoms with Gasteiger partial charge in [0.05, 0.1) is 5.69 Å². The number of hydrogen-bond donors (Lipinski definition) is 4. The summed E-state index contributed by atoms with van der Waals surface area (Å²) in [5, 5.41) is 17.5. The lowest BCUT2D eigenvalue weighted by molar-refractivity contribution is 0.991. The Morgan fingerprint density at radius 2 is 2.12 bits per heavy atom. The molecule has 6 heteroatoms. The largest absolute Gasteiger partial charge is 0.370 e. The summed E-state index contributed by atoms with van der Waals surface area (Å²) >= 11 is 3.47. The quantitative estimate of drug-likeness (QED) is 0.497. The summed E-state index contributed by atoms with van der Waals surface area (Å²) in [5.74, 6) is -0.145. The van der Waals surface area contributed by atoms with Crippen molar-refractivity contribution < 1.29 is 0 Å². The van der Waals surface area contributed by atoms with E-state index in [2.05, 4.69) is 21.2 Å². The van der Waals surface area contributed by atoms with Gasteiger partial charge >= 0.3 is 0 Å². The maximum absolute atomic E-state index is 7.88. The number of aryl methyl sites for hydroxylation is 1. The second kappa shape index (κ2) is 5.67. The van der Waals surface area contributed by atoms with Crippen LogP contribution < -0.4 is 16.0 Å². The number of nitrogens with one attached hydrogen (secondary N) is 3. The predicted molar refractivity (Wildman–Crippen MR) is 74.7 cm³/mol. The van der Waals surface area contributed by atoms with Crippen molar-refractivity contribution in [1.82, 2.24) is 5.32 Å². The molecule has 0 aliphatic heterocycles. The molecule has 0 aliphatic rings. The van der Waals surface area contributed by atoms with Gasteiger partial charge in [-0.05, 0) is 41.4 Å². The molecule has 1 aromatic carbocycles. The number of para-hydroxylation sites is 1. The topological polar surface area (TPSA) is 89.0 Å². The van der Waals surface area contributed by atoms with E-state index in [1.165, 1.54) is 0 Å². The standard InChI is InChI=1S/C11H16BrN5/c1-3-17(11(15)16-10(13)14)9-7(2)5-4-6-8(9)12/h4-6H,3H2,1-2H3,(H5,13,14,15,16). The van der Waals surface area contributed by atoms with Crippen LogP contribution >= 0.6 is 15.9 Å². The van der Waals surface area contributed by atoms with Crippen LogP contribution in [0.3, 0.4) is 0 Å². The molecule has 1 aromatic rings. The molecule has 0 saturated heterocycles. The molecular formula is C11H16BrN5. The average Bonchev–Trinajstić information content (AvgIpc) is 2.22. The van der Waals surface area contributed by atoms with E-state index in [0.29, 0.717) is 6.54 Å². The van der Waals surface area contributed by atoms with Crippen LogP contribution in [0.2, 0.25) is 0 Å². The summed E-state index contributed by atoms with van der Waals surface area (Å²) in [6.07, 6.45) is 0. The molecule has 1 rings (SSSR count). The average molecular weight is 298 g/mol. The lowest BCUT2D eigenvalue weighted by Gasteiger charge is -2.26. The van der Waals surface area contributed by atoms with Crippen molar-refractivity contribution in [2.24, 2.45) is 5.73 Å². The SMILES string of the molecule is CCN(C(=N)NC(=N)N)c1c(C)cccc1Br. The second-order valence-corrected chi connectivity index (χ2v) is 4.39. The zero-order chi connectivity index (χ0) is 13.0. The molecule has 5 nitrogen and oxygen atoms in total. The molecule has 0 unspecified atom stereocenters. The highest BCUT2D eigenvalue weighted by Crippen LogP contribution is 2.29. The third-order valence-corrected chi connectivity index (χ3v) is 2.94. The Labute approximate surface area is 109 Å². The van der Waals surface area contributed by atoms with Gasteiger partial charge < -0.3 is 10.6 Å².